The molecule has 190 valence electrons. The maximum atomic E-state index is 14.0. The lowest BCUT2D eigenvalue weighted by Gasteiger charge is -2.20. The van der Waals surface area contributed by atoms with Crippen LogP contribution in [-0.2, 0) is 22.5 Å². The largest absolute Gasteiger partial charge is 0.497 e. The number of hydrogen-bond donors (Lipinski definition) is 1. The lowest BCUT2D eigenvalue weighted by atomic mass is 10.1. The van der Waals surface area contributed by atoms with E-state index in [0.29, 0.717) is 28.9 Å². The fourth-order valence-electron chi connectivity index (χ4n) is 4.47. The van der Waals surface area contributed by atoms with Gasteiger partial charge in [-0.15, -0.1) is 0 Å². The molecule has 2 heterocycles. The number of esters is 1. The highest BCUT2D eigenvalue weighted by Gasteiger charge is 2.25. The molecule has 8 heteroatoms. The van der Waals surface area contributed by atoms with Crippen LogP contribution in [0, 0.1) is 0 Å². The Morgan fingerprint density at radius 1 is 1.08 bits per heavy atom. The van der Waals surface area contributed by atoms with Gasteiger partial charge in [0.2, 0.25) is 0 Å². The van der Waals surface area contributed by atoms with E-state index in [2.05, 4.69) is 23.9 Å². The van der Waals surface area contributed by atoms with Crippen LogP contribution in [0.1, 0.15) is 46.7 Å². The summed E-state index contributed by atoms with van der Waals surface area (Å²) < 4.78 is 14.5. The number of rotatable bonds is 8. The summed E-state index contributed by atoms with van der Waals surface area (Å²) >= 11 is 0. The predicted molar refractivity (Wildman–Crippen MR) is 143 cm³/mol. The summed E-state index contributed by atoms with van der Waals surface area (Å²) in [7, 11) is 1.58. The number of carbonyl (C=O) groups excluding carboxylic acids is 1. The smallest absolute Gasteiger partial charge is 0.326 e. The van der Waals surface area contributed by atoms with Gasteiger partial charge >= 0.3 is 5.97 Å². The standard InChI is InChI=1S/C28H34N4O4/c1-7-15-29-32-21(8-2)25(19-11-9-10-12-22(19)32)26-27(34)31(17-24(33)36-28(3,4)5)23-14-13-18(35-6)16-20(23)30-26/h9-14,16,29H,7-8,15,17H2,1-6H3. The molecular formula is C28H34N4O4. The van der Waals surface area contributed by atoms with E-state index >= 15 is 0 Å². The van der Waals surface area contributed by atoms with Crippen molar-refractivity contribution in [2.45, 2.75) is 59.6 Å². The molecule has 0 spiro atoms. The third-order valence-electron chi connectivity index (χ3n) is 5.92. The Kier molecular flexibility index (Phi) is 7.06. The number of fused-ring (bicyclic) bond motifs is 2. The van der Waals surface area contributed by atoms with Crippen molar-refractivity contribution in [2.24, 2.45) is 0 Å². The molecule has 0 saturated carbocycles. The molecule has 2 aromatic carbocycles. The van der Waals surface area contributed by atoms with Gasteiger partial charge in [-0.05, 0) is 51.8 Å². The maximum absolute atomic E-state index is 14.0. The Balaban J connectivity index is 2.02. The van der Waals surface area contributed by atoms with Gasteiger partial charge in [-0.3, -0.25) is 18.8 Å². The molecule has 0 aliphatic carbocycles. The highest BCUT2D eigenvalue weighted by molar-refractivity contribution is 5.98. The minimum absolute atomic E-state index is 0.220. The van der Waals surface area contributed by atoms with Crippen molar-refractivity contribution in [3.05, 3.63) is 58.5 Å². The molecule has 0 aliphatic heterocycles. The quantitative estimate of drug-likeness (QED) is 0.354. The Hall–Kier alpha value is -3.81. The first-order valence-corrected chi connectivity index (χ1v) is 12.4. The molecule has 0 fully saturated rings. The highest BCUT2D eigenvalue weighted by Crippen LogP contribution is 2.33. The van der Waals surface area contributed by atoms with E-state index in [1.165, 1.54) is 4.57 Å². The van der Waals surface area contributed by atoms with Gasteiger partial charge in [-0.2, -0.15) is 0 Å². The summed E-state index contributed by atoms with van der Waals surface area (Å²) in [6, 6.07) is 13.3. The highest BCUT2D eigenvalue weighted by atomic mass is 16.6. The Labute approximate surface area is 210 Å². The van der Waals surface area contributed by atoms with Crippen LogP contribution in [0.5, 0.6) is 5.75 Å². The number of nitrogens with zero attached hydrogens (tertiary/aromatic N) is 3. The van der Waals surface area contributed by atoms with Gasteiger partial charge in [0.1, 0.15) is 23.6 Å². The summed E-state index contributed by atoms with van der Waals surface area (Å²) in [6.45, 7) is 10.2. The number of para-hydroxylation sites is 1. The van der Waals surface area contributed by atoms with Crippen LogP contribution >= 0.6 is 0 Å². The lowest BCUT2D eigenvalue weighted by Crippen LogP contribution is -2.32. The first kappa shape index (κ1) is 25.3. The first-order chi connectivity index (χ1) is 17.2. The van der Waals surface area contributed by atoms with Crippen LogP contribution in [-0.4, -0.2) is 39.5 Å². The molecule has 8 nitrogen and oxygen atoms in total. The monoisotopic (exact) mass is 490 g/mol. The molecular weight excluding hydrogens is 456 g/mol. The second-order valence-corrected chi connectivity index (χ2v) is 9.73. The molecule has 2 aromatic heterocycles. The van der Waals surface area contributed by atoms with E-state index in [4.69, 9.17) is 14.5 Å². The Morgan fingerprint density at radius 3 is 2.50 bits per heavy atom. The molecule has 0 atom stereocenters. The second kappa shape index (κ2) is 10.0. The van der Waals surface area contributed by atoms with E-state index in [9.17, 15) is 9.59 Å². The second-order valence-electron chi connectivity index (χ2n) is 9.73. The Bertz CT molecular complexity index is 1480. The normalized spacial score (nSPS) is 11.7. The van der Waals surface area contributed by atoms with E-state index in [0.717, 1.165) is 35.1 Å². The average molecular weight is 491 g/mol. The third-order valence-corrected chi connectivity index (χ3v) is 5.92. The van der Waals surface area contributed by atoms with Crippen LogP contribution in [0.2, 0.25) is 0 Å². The van der Waals surface area contributed by atoms with Crippen LogP contribution < -0.4 is 15.7 Å². The molecule has 4 rings (SSSR count). The maximum Gasteiger partial charge on any atom is 0.326 e. The lowest BCUT2D eigenvalue weighted by molar-refractivity contribution is -0.155. The van der Waals surface area contributed by atoms with Crippen molar-refractivity contribution in [1.29, 1.82) is 0 Å². The number of methoxy groups -OCH3 is 1. The summed E-state index contributed by atoms with van der Waals surface area (Å²) in [5.41, 5.74) is 6.58. The molecule has 0 radical (unpaired) electrons. The fourth-order valence-corrected chi connectivity index (χ4v) is 4.47. The summed E-state index contributed by atoms with van der Waals surface area (Å²) in [6.07, 6.45) is 1.64. The van der Waals surface area contributed by atoms with Crippen LogP contribution in [0.25, 0.3) is 33.2 Å². The van der Waals surface area contributed by atoms with Crippen molar-refractivity contribution < 1.29 is 14.3 Å². The van der Waals surface area contributed by atoms with Crippen molar-refractivity contribution in [3.8, 4) is 17.0 Å². The number of ether oxygens (including phenoxy) is 2. The molecule has 0 aliphatic rings. The van der Waals surface area contributed by atoms with Gasteiger partial charge < -0.3 is 14.9 Å². The van der Waals surface area contributed by atoms with Crippen molar-refractivity contribution in [1.82, 2.24) is 14.2 Å². The molecule has 36 heavy (non-hydrogen) atoms. The number of benzene rings is 2. The predicted octanol–water partition coefficient (Wildman–Crippen LogP) is 4.88. The van der Waals surface area contributed by atoms with Crippen LogP contribution in [0.3, 0.4) is 0 Å². The molecule has 0 bridgehead atoms. The van der Waals surface area contributed by atoms with Crippen LogP contribution in [0.15, 0.2) is 47.3 Å². The van der Waals surface area contributed by atoms with E-state index in [1.807, 2.05) is 24.3 Å². The zero-order chi connectivity index (χ0) is 26.0. The zero-order valence-electron chi connectivity index (χ0n) is 21.8. The van der Waals surface area contributed by atoms with Crippen molar-refractivity contribution in [2.75, 3.05) is 19.1 Å². The zero-order valence-corrected chi connectivity index (χ0v) is 21.8. The topological polar surface area (TPSA) is 87.4 Å². The SMILES string of the molecule is CCCNn1c(CC)c(-c2nc3cc(OC)ccc3n(CC(=O)OC(C)(C)C)c2=O)c2ccccc21. The van der Waals surface area contributed by atoms with Gasteiger partial charge in [0, 0.05) is 23.6 Å². The van der Waals surface area contributed by atoms with Gasteiger partial charge in [0.25, 0.3) is 5.56 Å². The number of nitrogens with one attached hydrogen (secondary N) is 1. The van der Waals surface area contributed by atoms with E-state index < -0.39 is 11.6 Å². The van der Waals surface area contributed by atoms with Crippen molar-refractivity contribution >= 4 is 27.9 Å². The summed E-state index contributed by atoms with van der Waals surface area (Å²) in [4.78, 5) is 31.7. The molecule has 0 saturated heterocycles. The number of hydrogen-bond acceptors (Lipinski definition) is 6. The average Bonchev–Trinajstić information content (AvgIpc) is 3.15. The van der Waals surface area contributed by atoms with Gasteiger partial charge in [-0.1, -0.05) is 32.0 Å². The van der Waals surface area contributed by atoms with E-state index in [-0.39, 0.29) is 12.1 Å². The van der Waals surface area contributed by atoms with Crippen LogP contribution in [0.4, 0.5) is 0 Å². The summed E-state index contributed by atoms with van der Waals surface area (Å²) in [5.74, 6) is 0.132. The van der Waals surface area contributed by atoms with Gasteiger partial charge in [0.15, 0.2) is 0 Å². The minimum Gasteiger partial charge on any atom is -0.497 e. The number of carbonyl (C=O) groups is 1. The summed E-state index contributed by atoms with van der Waals surface area (Å²) in [5, 5.41) is 0.925. The molecule has 1 N–H and O–H groups in total. The Morgan fingerprint density at radius 2 is 1.83 bits per heavy atom. The van der Waals surface area contributed by atoms with Gasteiger partial charge in [-0.25, -0.2) is 4.98 Å². The van der Waals surface area contributed by atoms with Crippen molar-refractivity contribution in [3.63, 3.8) is 0 Å². The van der Waals surface area contributed by atoms with Gasteiger partial charge in [0.05, 0.1) is 29.4 Å². The third kappa shape index (κ3) is 4.80. The fraction of sp³-hybridized carbons (Fsp3) is 0.393. The molecule has 0 amide bonds. The minimum atomic E-state index is -0.663. The number of aromatic nitrogens is 3. The first-order valence-electron chi connectivity index (χ1n) is 12.4. The van der Waals surface area contributed by atoms with E-state index in [1.54, 1.807) is 46.1 Å². The molecule has 4 aromatic rings. The molecule has 0 unspecified atom stereocenters.